The molecule has 1 atom stereocenters. The van der Waals surface area contributed by atoms with Gasteiger partial charge < -0.3 is 10.1 Å². The van der Waals surface area contributed by atoms with Crippen LogP contribution < -0.4 is 5.32 Å². The lowest BCUT2D eigenvalue weighted by atomic mass is 9.91. The Balaban J connectivity index is 1.63. The van der Waals surface area contributed by atoms with Crippen molar-refractivity contribution in [2.45, 2.75) is 31.3 Å². The molecule has 1 aromatic rings. The smallest absolute Gasteiger partial charge is 0.0643 e. The molecule has 2 nitrogen and oxygen atoms in total. The summed E-state index contributed by atoms with van der Waals surface area (Å²) < 4.78 is 5.17. The van der Waals surface area contributed by atoms with E-state index in [1.165, 1.54) is 19.3 Å². The Hall–Kier alpha value is -0.380. The summed E-state index contributed by atoms with van der Waals surface area (Å²) in [6.45, 7) is 1.82. The van der Waals surface area contributed by atoms with Crippen molar-refractivity contribution in [2.75, 3.05) is 13.2 Å². The van der Waals surface area contributed by atoms with Crippen LogP contribution in [0.25, 0.3) is 0 Å². The van der Waals surface area contributed by atoms with Gasteiger partial charge in [-0.25, -0.2) is 0 Å². The number of hydrogen-bond acceptors (Lipinski definition) is 3. The van der Waals surface area contributed by atoms with E-state index in [0.29, 0.717) is 12.1 Å². The van der Waals surface area contributed by atoms with Gasteiger partial charge in [0.25, 0.3) is 0 Å². The first-order valence-electron chi connectivity index (χ1n) is 5.29. The van der Waals surface area contributed by atoms with E-state index in [1.807, 2.05) is 11.3 Å². The van der Waals surface area contributed by atoms with Crippen LogP contribution >= 0.6 is 11.3 Å². The predicted octanol–water partition coefficient (Wildman–Crippen LogP) is 1.59. The van der Waals surface area contributed by atoms with Gasteiger partial charge in [0.05, 0.1) is 19.3 Å². The van der Waals surface area contributed by atoms with Crippen LogP contribution in [0.5, 0.6) is 0 Å². The zero-order chi connectivity index (χ0) is 9.38. The molecule has 76 valence electrons. The summed E-state index contributed by atoms with van der Waals surface area (Å²) in [6.07, 6.45) is 3.76. The van der Waals surface area contributed by atoms with Gasteiger partial charge in [-0.15, -0.1) is 0 Å². The predicted molar refractivity (Wildman–Crippen MR) is 57.9 cm³/mol. The lowest BCUT2D eigenvalue weighted by Gasteiger charge is -2.33. The van der Waals surface area contributed by atoms with Gasteiger partial charge in [-0.3, -0.25) is 0 Å². The van der Waals surface area contributed by atoms with Crippen LogP contribution in [0.1, 0.15) is 17.5 Å². The van der Waals surface area contributed by atoms with E-state index in [-0.39, 0.29) is 0 Å². The van der Waals surface area contributed by atoms with E-state index in [2.05, 4.69) is 16.1 Å². The number of rotatable bonds is 2. The van der Waals surface area contributed by atoms with E-state index in [0.717, 1.165) is 13.2 Å². The second-order valence-electron chi connectivity index (χ2n) is 4.26. The lowest BCUT2D eigenvalue weighted by molar-refractivity contribution is -0.0106. The van der Waals surface area contributed by atoms with Crippen molar-refractivity contribution in [2.24, 2.45) is 0 Å². The van der Waals surface area contributed by atoms with Crippen LogP contribution in [0.4, 0.5) is 0 Å². The zero-order valence-corrected chi connectivity index (χ0v) is 8.98. The maximum Gasteiger partial charge on any atom is 0.0643 e. The van der Waals surface area contributed by atoms with E-state index in [4.69, 9.17) is 4.74 Å². The topological polar surface area (TPSA) is 21.3 Å². The quantitative estimate of drug-likeness (QED) is 0.798. The van der Waals surface area contributed by atoms with Crippen LogP contribution in [0.15, 0.2) is 10.8 Å². The monoisotopic (exact) mass is 209 g/mol. The molecule has 1 N–H and O–H groups in total. The summed E-state index contributed by atoms with van der Waals surface area (Å²) in [5, 5.41) is 8.28. The molecule has 2 heterocycles. The van der Waals surface area contributed by atoms with Crippen LogP contribution in [0.3, 0.4) is 0 Å². The number of fused-ring (bicyclic) bond motifs is 1. The number of nitrogens with one attached hydrogen (secondary N) is 1. The molecule has 0 aromatic carbocycles. The number of ether oxygens (including phenoxy) is 1. The highest BCUT2D eigenvalue weighted by atomic mass is 32.1. The number of hydrogen-bond donors (Lipinski definition) is 1. The van der Waals surface area contributed by atoms with Gasteiger partial charge >= 0.3 is 0 Å². The standard InChI is InChI=1S/C11H15NOS/c1-2-10(12-11-4-13-5-11)3-9-7-14-6-8(1)9/h6-7,10-12H,1-5H2. The molecule has 1 fully saturated rings. The average molecular weight is 209 g/mol. The molecule has 0 amide bonds. The highest BCUT2D eigenvalue weighted by Gasteiger charge is 2.25. The summed E-state index contributed by atoms with van der Waals surface area (Å²) in [7, 11) is 0. The second kappa shape index (κ2) is 3.65. The van der Waals surface area contributed by atoms with Crippen molar-refractivity contribution in [3.05, 3.63) is 21.9 Å². The highest BCUT2D eigenvalue weighted by Crippen LogP contribution is 2.25. The Morgan fingerprint density at radius 2 is 2.07 bits per heavy atom. The summed E-state index contributed by atoms with van der Waals surface area (Å²) in [5.74, 6) is 0. The highest BCUT2D eigenvalue weighted by molar-refractivity contribution is 7.08. The largest absolute Gasteiger partial charge is 0.378 e. The molecule has 2 aliphatic rings. The van der Waals surface area contributed by atoms with Crippen molar-refractivity contribution in [1.82, 2.24) is 5.32 Å². The fourth-order valence-electron chi connectivity index (χ4n) is 2.25. The van der Waals surface area contributed by atoms with Crippen molar-refractivity contribution in [3.8, 4) is 0 Å². The fourth-order valence-corrected chi connectivity index (χ4v) is 3.17. The molecule has 14 heavy (non-hydrogen) atoms. The Morgan fingerprint density at radius 1 is 1.21 bits per heavy atom. The summed E-state index contributed by atoms with van der Waals surface area (Å²) in [4.78, 5) is 0. The van der Waals surface area contributed by atoms with Gasteiger partial charge in [0, 0.05) is 6.04 Å². The molecule has 3 rings (SSSR count). The molecular weight excluding hydrogens is 194 g/mol. The Bertz CT molecular complexity index is 319. The van der Waals surface area contributed by atoms with Crippen molar-refractivity contribution < 1.29 is 4.74 Å². The minimum absolute atomic E-state index is 0.625. The fraction of sp³-hybridized carbons (Fsp3) is 0.636. The van der Waals surface area contributed by atoms with Crippen LogP contribution in [0, 0.1) is 0 Å². The van der Waals surface area contributed by atoms with Crippen LogP contribution in [-0.2, 0) is 17.6 Å². The molecular formula is C11H15NOS. The molecule has 0 saturated carbocycles. The maximum absolute atomic E-state index is 5.17. The Kier molecular flexibility index (Phi) is 2.32. The molecule has 1 aliphatic heterocycles. The maximum atomic E-state index is 5.17. The van der Waals surface area contributed by atoms with Gasteiger partial charge in [-0.1, -0.05) is 0 Å². The van der Waals surface area contributed by atoms with E-state index < -0.39 is 0 Å². The third-order valence-electron chi connectivity index (χ3n) is 3.17. The summed E-state index contributed by atoms with van der Waals surface area (Å²) in [6, 6.07) is 1.31. The van der Waals surface area contributed by atoms with Gasteiger partial charge in [-0.05, 0) is 41.1 Å². The normalized spacial score (nSPS) is 27.0. The third kappa shape index (κ3) is 1.60. The number of aryl methyl sites for hydroxylation is 1. The van der Waals surface area contributed by atoms with Gasteiger partial charge in [-0.2, -0.15) is 11.3 Å². The minimum atomic E-state index is 0.625. The second-order valence-corrected chi connectivity index (χ2v) is 5.01. The number of thiophene rings is 1. The van der Waals surface area contributed by atoms with E-state index in [9.17, 15) is 0 Å². The molecule has 0 radical (unpaired) electrons. The molecule has 1 unspecified atom stereocenters. The lowest BCUT2D eigenvalue weighted by Crippen LogP contribution is -2.51. The van der Waals surface area contributed by atoms with E-state index in [1.54, 1.807) is 11.1 Å². The summed E-state index contributed by atoms with van der Waals surface area (Å²) in [5.41, 5.74) is 3.15. The molecule has 0 bridgehead atoms. The Labute approximate surface area is 88.3 Å². The van der Waals surface area contributed by atoms with Gasteiger partial charge in [0.1, 0.15) is 0 Å². The van der Waals surface area contributed by atoms with Crippen molar-refractivity contribution in [1.29, 1.82) is 0 Å². The molecule has 1 aliphatic carbocycles. The SMILES string of the molecule is c1scc2c1CCC(NC1COC1)C2. The Morgan fingerprint density at radius 3 is 2.86 bits per heavy atom. The van der Waals surface area contributed by atoms with Crippen LogP contribution in [0.2, 0.25) is 0 Å². The minimum Gasteiger partial charge on any atom is -0.378 e. The third-order valence-corrected chi connectivity index (χ3v) is 4.01. The summed E-state index contributed by atoms with van der Waals surface area (Å²) >= 11 is 1.84. The molecule has 1 aromatic heterocycles. The van der Waals surface area contributed by atoms with E-state index >= 15 is 0 Å². The van der Waals surface area contributed by atoms with Gasteiger partial charge in [0.15, 0.2) is 0 Å². The van der Waals surface area contributed by atoms with Crippen molar-refractivity contribution in [3.63, 3.8) is 0 Å². The van der Waals surface area contributed by atoms with Crippen molar-refractivity contribution >= 4 is 11.3 Å². The van der Waals surface area contributed by atoms with Crippen LogP contribution in [-0.4, -0.2) is 25.3 Å². The molecule has 1 saturated heterocycles. The first-order chi connectivity index (χ1) is 6.92. The molecule has 3 heteroatoms. The molecule has 0 spiro atoms. The zero-order valence-electron chi connectivity index (χ0n) is 8.16. The first-order valence-corrected chi connectivity index (χ1v) is 6.24. The van der Waals surface area contributed by atoms with Gasteiger partial charge in [0.2, 0.25) is 0 Å². The average Bonchev–Trinajstić information content (AvgIpc) is 2.58. The first kappa shape index (κ1) is 8.89.